The van der Waals surface area contributed by atoms with Gasteiger partial charge in [0.2, 0.25) is 0 Å². The Hall–Kier alpha value is -0.900. The summed E-state index contributed by atoms with van der Waals surface area (Å²) < 4.78 is 0.927. The lowest BCUT2D eigenvalue weighted by Crippen LogP contribution is -2.10. The van der Waals surface area contributed by atoms with Gasteiger partial charge in [0, 0.05) is 10.7 Å². The molecule has 1 heterocycles. The van der Waals surface area contributed by atoms with Crippen molar-refractivity contribution < 1.29 is 4.79 Å². The molecule has 0 fully saturated rings. The number of nitrogens with zero attached hydrogens (tertiary/aromatic N) is 1. The van der Waals surface area contributed by atoms with E-state index in [0.29, 0.717) is 12.4 Å². The van der Waals surface area contributed by atoms with Gasteiger partial charge in [0.15, 0.2) is 0 Å². The van der Waals surface area contributed by atoms with Gasteiger partial charge in [0.05, 0.1) is 6.54 Å². The largest absolute Gasteiger partial charge is 0.363 e. The van der Waals surface area contributed by atoms with Crippen LogP contribution in [0.1, 0.15) is 6.92 Å². The Bertz CT molecular complexity index is 271. The zero-order chi connectivity index (χ0) is 8.97. The standard InChI is InChI=1S/C8H9BrN2O/c1-6(12)4-10-8-3-2-7(9)5-11-8/h2-3,5H,4H2,1H3,(H,10,11). The summed E-state index contributed by atoms with van der Waals surface area (Å²) in [5, 5.41) is 2.89. The van der Waals surface area contributed by atoms with Crippen LogP contribution in [0.2, 0.25) is 0 Å². The lowest BCUT2D eigenvalue weighted by atomic mass is 10.4. The van der Waals surface area contributed by atoms with Gasteiger partial charge < -0.3 is 5.32 Å². The summed E-state index contributed by atoms with van der Waals surface area (Å²) in [4.78, 5) is 14.6. The van der Waals surface area contributed by atoms with E-state index in [0.717, 1.165) is 4.47 Å². The summed E-state index contributed by atoms with van der Waals surface area (Å²) >= 11 is 3.27. The van der Waals surface area contributed by atoms with Gasteiger partial charge in [-0.2, -0.15) is 0 Å². The van der Waals surface area contributed by atoms with Gasteiger partial charge in [-0.3, -0.25) is 4.79 Å². The molecule has 0 aliphatic carbocycles. The fourth-order valence-electron chi connectivity index (χ4n) is 0.695. The van der Waals surface area contributed by atoms with E-state index >= 15 is 0 Å². The maximum atomic E-state index is 10.6. The molecule has 1 aromatic heterocycles. The first kappa shape index (κ1) is 9.19. The second-order valence-corrected chi connectivity index (χ2v) is 3.33. The monoisotopic (exact) mass is 228 g/mol. The van der Waals surface area contributed by atoms with E-state index in [1.807, 2.05) is 12.1 Å². The van der Waals surface area contributed by atoms with Gasteiger partial charge in [-0.25, -0.2) is 4.98 Å². The first-order valence-corrected chi connectivity index (χ1v) is 4.32. The second-order valence-electron chi connectivity index (χ2n) is 2.42. The minimum Gasteiger partial charge on any atom is -0.363 e. The zero-order valence-electron chi connectivity index (χ0n) is 6.67. The van der Waals surface area contributed by atoms with Crippen molar-refractivity contribution in [2.45, 2.75) is 6.92 Å². The van der Waals surface area contributed by atoms with E-state index in [4.69, 9.17) is 0 Å². The molecule has 3 nitrogen and oxygen atoms in total. The highest BCUT2D eigenvalue weighted by molar-refractivity contribution is 9.10. The first-order chi connectivity index (χ1) is 5.68. The van der Waals surface area contributed by atoms with Gasteiger partial charge in [-0.15, -0.1) is 0 Å². The normalized spacial score (nSPS) is 9.50. The van der Waals surface area contributed by atoms with Gasteiger partial charge in [-0.1, -0.05) is 0 Å². The smallest absolute Gasteiger partial charge is 0.148 e. The van der Waals surface area contributed by atoms with Gasteiger partial charge >= 0.3 is 0 Å². The third-order valence-electron chi connectivity index (χ3n) is 1.25. The molecule has 0 saturated heterocycles. The number of pyridine rings is 1. The molecule has 64 valence electrons. The van der Waals surface area contributed by atoms with Crippen LogP contribution >= 0.6 is 15.9 Å². The number of carbonyl (C=O) groups excluding carboxylic acids is 1. The van der Waals surface area contributed by atoms with E-state index in [-0.39, 0.29) is 5.78 Å². The SMILES string of the molecule is CC(=O)CNc1ccc(Br)cn1. The van der Waals surface area contributed by atoms with Crippen LogP contribution < -0.4 is 5.32 Å². The molecule has 0 saturated carbocycles. The van der Waals surface area contributed by atoms with Crippen molar-refractivity contribution in [2.24, 2.45) is 0 Å². The molecule has 0 amide bonds. The average molecular weight is 229 g/mol. The minimum atomic E-state index is 0.0970. The van der Waals surface area contributed by atoms with Crippen LogP contribution in [-0.2, 0) is 4.79 Å². The Kier molecular flexibility index (Phi) is 3.22. The van der Waals surface area contributed by atoms with Crippen LogP contribution in [0, 0.1) is 0 Å². The number of hydrogen-bond donors (Lipinski definition) is 1. The molecule has 12 heavy (non-hydrogen) atoms. The van der Waals surface area contributed by atoms with Crippen molar-refractivity contribution >= 4 is 27.5 Å². The first-order valence-electron chi connectivity index (χ1n) is 3.53. The second kappa shape index (κ2) is 4.21. The predicted octanol–water partition coefficient (Wildman–Crippen LogP) is 1.84. The van der Waals surface area contributed by atoms with Crippen LogP contribution in [0.5, 0.6) is 0 Å². The lowest BCUT2D eigenvalue weighted by Gasteiger charge is -2.01. The molecule has 0 aliphatic rings. The fraction of sp³-hybridized carbons (Fsp3) is 0.250. The number of aromatic nitrogens is 1. The molecule has 0 radical (unpaired) electrons. The average Bonchev–Trinajstić information content (AvgIpc) is 2.03. The van der Waals surface area contributed by atoms with Crippen molar-refractivity contribution in [3.05, 3.63) is 22.8 Å². The summed E-state index contributed by atoms with van der Waals surface area (Å²) in [6.07, 6.45) is 1.68. The van der Waals surface area contributed by atoms with Crippen molar-refractivity contribution in [1.29, 1.82) is 0 Å². The molecule has 4 heteroatoms. The summed E-state index contributed by atoms with van der Waals surface area (Å²) in [5.74, 6) is 0.813. The highest BCUT2D eigenvalue weighted by atomic mass is 79.9. The molecule has 0 aliphatic heterocycles. The molecule has 0 aromatic carbocycles. The van der Waals surface area contributed by atoms with Crippen LogP contribution in [-0.4, -0.2) is 17.3 Å². The summed E-state index contributed by atoms with van der Waals surface area (Å²) in [6, 6.07) is 3.68. The van der Waals surface area contributed by atoms with Crippen molar-refractivity contribution in [3.63, 3.8) is 0 Å². The Balaban J connectivity index is 2.53. The number of halogens is 1. The van der Waals surface area contributed by atoms with Gasteiger partial charge in [0.1, 0.15) is 11.6 Å². The Morgan fingerprint density at radius 1 is 1.67 bits per heavy atom. The van der Waals surface area contributed by atoms with E-state index in [2.05, 4.69) is 26.2 Å². The predicted molar refractivity (Wildman–Crippen MR) is 51.1 cm³/mol. The van der Waals surface area contributed by atoms with Crippen LogP contribution in [0.15, 0.2) is 22.8 Å². The third-order valence-corrected chi connectivity index (χ3v) is 1.71. The van der Waals surface area contributed by atoms with E-state index in [9.17, 15) is 4.79 Å². The number of hydrogen-bond acceptors (Lipinski definition) is 3. The molecule has 0 atom stereocenters. The lowest BCUT2D eigenvalue weighted by molar-refractivity contribution is -0.115. The number of Topliss-reactive ketones (excluding diaryl/α,β-unsaturated/α-hetero) is 1. The molecular weight excluding hydrogens is 220 g/mol. The summed E-state index contributed by atoms with van der Waals surface area (Å²) in [5.41, 5.74) is 0. The molecule has 0 spiro atoms. The highest BCUT2D eigenvalue weighted by Crippen LogP contribution is 2.09. The molecule has 1 aromatic rings. The zero-order valence-corrected chi connectivity index (χ0v) is 8.26. The van der Waals surface area contributed by atoms with Crippen molar-refractivity contribution in [2.75, 3.05) is 11.9 Å². The number of anilines is 1. The number of carbonyl (C=O) groups is 1. The molecule has 0 unspecified atom stereocenters. The molecule has 1 N–H and O–H groups in total. The third kappa shape index (κ3) is 3.00. The molecule has 1 rings (SSSR count). The maximum Gasteiger partial charge on any atom is 0.148 e. The Morgan fingerprint density at radius 3 is 2.92 bits per heavy atom. The van der Waals surface area contributed by atoms with E-state index in [1.54, 1.807) is 6.20 Å². The van der Waals surface area contributed by atoms with E-state index in [1.165, 1.54) is 6.92 Å². The number of rotatable bonds is 3. The Morgan fingerprint density at radius 2 is 2.42 bits per heavy atom. The van der Waals surface area contributed by atoms with Crippen molar-refractivity contribution in [3.8, 4) is 0 Å². The highest BCUT2D eigenvalue weighted by Gasteiger charge is 1.94. The topological polar surface area (TPSA) is 42.0 Å². The van der Waals surface area contributed by atoms with Crippen LogP contribution in [0.3, 0.4) is 0 Å². The minimum absolute atomic E-state index is 0.0970. The Labute approximate surface area is 79.3 Å². The maximum absolute atomic E-state index is 10.6. The van der Waals surface area contributed by atoms with Gasteiger partial charge in [-0.05, 0) is 35.0 Å². The van der Waals surface area contributed by atoms with Crippen LogP contribution in [0.25, 0.3) is 0 Å². The molecular formula is C8H9BrN2O. The number of ketones is 1. The van der Waals surface area contributed by atoms with Crippen molar-refractivity contribution in [1.82, 2.24) is 4.98 Å². The fourth-order valence-corrected chi connectivity index (χ4v) is 0.930. The quantitative estimate of drug-likeness (QED) is 0.859. The van der Waals surface area contributed by atoms with E-state index < -0.39 is 0 Å². The summed E-state index contributed by atoms with van der Waals surface area (Å²) in [6.45, 7) is 1.86. The number of nitrogens with one attached hydrogen (secondary N) is 1. The summed E-state index contributed by atoms with van der Waals surface area (Å²) in [7, 11) is 0. The van der Waals surface area contributed by atoms with Gasteiger partial charge in [0.25, 0.3) is 0 Å². The molecule has 0 bridgehead atoms. The van der Waals surface area contributed by atoms with Crippen LogP contribution in [0.4, 0.5) is 5.82 Å².